The van der Waals surface area contributed by atoms with Gasteiger partial charge >= 0.3 is 0 Å². The number of hydrogen-bond acceptors (Lipinski definition) is 4. The smallest absolute Gasteiger partial charge is 0.250 e. The zero-order valence-corrected chi connectivity index (χ0v) is 11.6. The number of hydrogen-bond donors (Lipinski definition) is 2. The molecule has 2 rings (SSSR count). The Kier molecular flexibility index (Phi) is 4.87. The summed E-state index contributed by atoms with van der Waals surface area (Å²) in [4.78, 5) is 11.7. The first-order chi connectivity index (χ1) is 9.06. The average Bonchev–Trinajstić information content (AvgIpc) is 2.84. The number of rotatable bonds is 4. The van der Waals surface area contributed by atoms with Crippen LogP contribution in [0.15, 0.2) is 12.1 Å². The molecule has 0 aromatic heterocycles. The van der Waals surface area contributed by atoms with Crippen molar-refractivity contribution in [1.82, 2.24) is 0 Å². The van der Waals surface area contributed by atoms with Gasteiger partial charge in [-0.15, -0.1) is 0 Å². The number of anilines is 2. The predicted octanol–water partition coefficient (Wildman–Crippen LogP) is 2.32. The van der Waals surface area contributed by atoms with E-state index in [0.717, 1.165) is 6.42 Å². The monoisotopic (exact) mass is 304 g/mol. The second kappa shape index (κ2) is 6.43. The summed E-state index contributed by atoms with van der Waals surface area (Å²) in [5.41, 5.74) is 6.41. The van der Waals surface area contributed by atoms with E-state index in [2.05, 4.69) is 5.32 Å². The molecule has 5 nitrogen and oxygen atoms in total. The minimum Gasteiger partial charge on any atom is -0.397 e. The average molecular weight is 305 g/mol. The standard InChI is InChI=1S/C12H14Cl2N2O3/c13-7-3-9(14)12(10(15)4-7)16-11(17)6-19-8-1-2-18-5-8/h3-4,8H,1-2,5-6,15H2,(H,16,17). The van der Waals surface area contributed by atoms with Crippen LogP contribution in [0.1, 0.15) is 6.42 Å². The van der Waals surface area contributed by atoms with E-state index in [0.29, 0.717) is 34.6 Å². The van der Waals surface area contributed by atoms with Gasteiger partial charge in [-0.1, -0.05) is 23.2 Å². The van der Waals surface area contributed by atoms with E-state index in [1.54, 1.807) is 0 Å². The molecule has 1 aromatic carbocycles. The lowest BCUT2D eigenvalue weighted by Gasteiger charge is -2.12. The first-order valence-corrected chi connectivity index (χ1v) is 6.55. The molecule has 0 radical (unpaired) electrons. The summed E-state index contributed by atoms with van der Waals surface area (Å²) in [6.07, 6.45) is 0.778. The Morgan fingerprint density at radius 3 is 2.95 bits per heavy atom. The molecule has 1 amide bonds. The fourth-order valence-electron chi connectivity index (χ4n) is 1.74. The molecule has 1 unspecified atom stereocenters. The SMILES string of the molecule is Nc1cc(Cl)cc(Cl)c1NC(=O)COC1CCOC1. The van der Waals surface area contributed by atoms with Gasteiger partial charge in [0.1, 0.15) is 6.61 Å². The van der Waals surface area contributed by atoms with E-state index < -0.39 is 0 Å². The first kappa shape index (κ1) is 14.4. The molecule has 1 aliphatic heterocycles. The molecule has 1 saturated heterocycles. The normalized spacial score (nSPS) is 18.5. The second-order valence-electron chi connectivity index (χ2n) is 4.20. The molecule has 0 saturated carbocycles. The van der Waals surface area contributed by atoms with Gasteiger partial charge in [-0.2, -0.15) is 0 Å². The van der Waals surface area contributed by atoms with E-state index in [1.807, 2.05) is 0 Å². The summed E-state index contributed by atoms with van der Waals surface area (Å²) < 4.78 is 10.5. The maximum absolute atomic E-state index is 11.7. The quantitative estimate of drug-likeness (QED) is 0.837. The Morgan fingerprint density at radius 2 is 2.32 bits per heavy atom. The molecule has 104 valence electrons. The summed E-state index contributed by atoms with van der Waals surface area (Å²) in [5, 5.41) is 3.32. The molecule has 1 aliphatic rings. The van der Waals surface area contributed by atoms with Crippen molar-refractivity contribution < 1.29 is 14.3 Å². The van der Waals surface area contributed by atoms with Crippen molar-refractivity contribution in [2.75, 3.05) is 30.9 Å². The molecule has 1 atom stereocenters. The Balaban J connectivity index is 1.91. The zero-order valence-electron chi connectivity index (χ0n) is 10.1. The molecule has 0 spiro atoms. The largest absolute Gasteiger partial charge is 0.397 e. The van der Waals surface area contributed by atoms with Crippen LogP contribution >= 0.6 is 23.2 Å². The minimum atomic E-state index is -0.317. The number of nitrogens with one attached hydrogen (secondary N) is 1. The van der Waals surface area contributed by atoms with Crippen LogP contribution < -0.4 is 11.1 Å². The molecule has 1 heterocycles. The molecular formula is C12H14Cl2N2O3. The summed E-state index contributed by atoms with van der Waals surface area (Å²) in [7, 11) is 0. The number of amides is 1. The van der Waals surface area contributed by atoms with Gasteiger partial charge < -0.3 is 20.5 Å². The van der Waals surface area contributed by atoms with Gasteiger partial charge in [-0.3, -0.25) is 4.79 Å². The van der Waals surface area contributed by atoms with Crippen molar-refractivity contribution >= 4 is 40.5 Å². The lowest BCUT2D eigenvalue weighted by Crippen LogP contribution is -2.24. The molecule has 0 aliphatic carbocycles. The van der Waals surface area contributed by atoms with E-state index in [9.17, 15) is 4.79 Å². The number of ether oxygens (including phenoxy) is 2. The van der Waals surface area contributed by atoms with Crippen molar-refractivity contribution in [3.8, 4) is 0 Å². The molecule has 1 fully saturated rings. The van der Waals surface area contributed by atoms with Crippen LogP contribution in [0.5, 0.6) is 0 Å². The lowest BCUT2D eigenvalue weighted by molar-refractivity contribution is -0.122. The summed E-state index contributed by atoms with van der Waals surface area (Å²) >= 11 is 11.8. The Labute approximate surface area is 121 Å². The van der Waals surface area contributed by atoms with Crippen molar-refractivity contribution in [3.05, 3.63) is 22.2 Å². The fourth-order valence-corrected chi connectivity index (χ4v) is 2.30. The molecule has 7 heteroatoms. The Morgan fingerprint density at radius 1 is 1.53 bits per heavy atom. The number of carbonyl (C=O) groups is 1. The topological polar surface area (TPSA) is 73.6 Å². The lowest BCUT2D eigenvalue weighted by atomic mass is 10.2. The highest BCUT2D eigenvalue weighted by molar-refractivity contribution is 6.37. The molecular weight excluding hydrogens is 291 g/mol. The minimum absolute atomic E-state index is 0.0243. The van der Waals surface area contributed by atoms with Crippen molar-refractivity contribution in [1.29, 1.82) is 0 Å². The van der Waals surface area contributed by atoms with Crippen LogP contribution in [-0.2, 0) is 14.3 Å². The predicted molar refractivity (Wildman–Crippen MR) is 74.7 cm³/mol. The Bertz CT molecular complexity index is 453. The van der Waals surface area contributed by atoms with Gasteiger partial charge in [0.25, 0.3) is 0 Å². The third-order valence-corrected chi connectivity index (χ3v) is 3.20. The van der Waals surface area contributed by atoms with Crippen LogP contribution in [0.3, 0.4) is 0 Å². The third kappa shape index (κ3) is 3.98. The van der Waals surface area contributed by atoms with Gasteiger partial charge in [0.15, 0.2) is 0 Å². The fraction of sp³-hybridized carbons (Fsp3) is 0.417. The molecule has 3 N–H and O–H groups in total. The van der Waals surface area contributed by atoms with Gasteiger partial charge in [-0.05, 0) is 18.6 Å². The number of benzene rings is 1. The zero-order chi connectivity index (χ0) is 13.8. The number of nitrogen functional groups attached to an aromatic ring is 1. The van der Waals surface area contributed by atoms with E-state index in [4.69, 9.17) is 38.4 Å². The summed E-state index contributed by atoms with van der Waals surface area (Å²) in [6.45, 7) is 1.13. The van der Waals surface area contributed by atoms with E-state index >= 15 is 0 Å². The van der Waals surface area contributed by atoms with Gasteiger partial charge in [0, 0.05) is 11.6 Å². The number of nitrogens with two attached hydrogens (primary N) is 1. The molecule has 1 aromatic rings. The van der Waals surface area contributed by atoms with Crippen LogP contribution in [-0.4, -0.2) is 31.8 Å². The van der Waals surface area contributed by atoms with Crippen molar-refractivity contribution in [2.45, 2.75) is 12.5 Å². The van der Waals surface area contributed by atoms with E-state index in [1.165, 1.54) is 12.1 Å². The highest BCUT2D eigenvalue weighted by Crippen LogP contribution is 2.31. The number of carbonyl (C=O) groups excluding carboxylic acids is 1. The van der Waals surface area contributed by atoms with Crippen molar-refractivity contribution in [3.63, 3.8) is 0 Å². The third-order valence-electron chi connectivity index (χ3n) is 2.69. The van der Waals surface area contributed by atoms with Crippen LogP contribution in [0.2, 0.25) is 10.0 Å². The van der Waals surface area contributed by atoms with Gasteiger partial charge in [0.2, 0.25) is 5.91 Å². The molecule has 19 heavy (non-hydrogen) atoms. The highest BCUT2D eigenvalue weighted by Gasteiger charge is 2.18. The van der Waals surface area contributed by atoms with Crippen LogP contribution in [0.25, 0.3) is 0 Å². The second-order valence-corrected chi connectivity index (χ2v) is 5.04. The van der Waals surface area contributed by atoms with Gasteiger partial charge in [-0.25, -0.2) is 0 Å². The van der Waals surface area contributed by atoms with Crippen LogP contribution in [0.4, 0.5) is 11.4 Å². The highest BCUT2D eigenvalue weighted by atomic mass is 35.5. The van der Waals surface area contributed by atoms with Crippen molar-refractivity contribution in [2.24, 2.45) is 0 Å². The summed E-state index contributed by atoms with van der Waals surface area (Å²) in [6, 6.07) is 3.04. The Hall–Kier alpha value is -1.01. The number of halogens is 2. The van der Waals surface area contributed by atoms with E-state index in [-0.39, 0.29) is 18.6 Å². The maximum atomic E-state index is 11.7. The summed E-state index contributed by atoms with van der Waals surface area (Å²) in [5.74, 6) is -0.317. The van der Waals surface area contributed by atoms with Gasteiger partial charge in [0.05, 0.1) is 29.1 Å². The molecule has 0 bridgehead atoms. The first-order valence-electron chi connectivity index (χ1n) is 5.80. The maximum Gasteiger partial charge on any atom is 0.250 e. The van der Waals surface area contributed by atoms with Crippen LogP contribution in [0, 0.1) is 0 Å².